The summed E-state index contributed by atoms with van der Waals surface area (Å²) in [5.74, 6) is 2.01. The zero-order valence-corrected chi connectivity index (χ0v) is 28.0. The first-order valence-corrected chi connectivity index (χ1v) is 14.8. The van der Waals surface area contributed by atoms with Crippen molar-refractivity contribution < 1.29 is 9.31 Å². The molecule has 1 aliphatic rings. The molecule has 6 nitrogen and oxygen atoms in total. The fraction of sp³-hybridized carbons (Fsp3) is 0.333. The van der Waals surface area contributed by atoms with Gasteiger partial charge in [0.2, 0.25) is 0 Å². The molecule has 10 heteroatoms. The van der Waals surface area contributed by atoms with Crippen molar-refractivity contribution >= 4 is 78.7 Å². The summed E-state index contributed by atoms with van der Waals surface area (Å²) in [5, 5.41) is 0.417. The number of benzene rings is 2. The molecule has 210 valence electrons. The van der Waals surface area contributed by atoms with E-state index in [-0.39, 0.29) is 18.3 Å². The fourth-order valence-corrected chi connectivity index (χ4v) is 4.39. The van der Waals surface area contributed by atoms with Crippen molar-refractivity contribution in [1.29, 1.82) is 0 Å². The van der Waals surface area contributed by atoms with Gasteiger partial charge in [-0.1, -0.05) is 60.6 Å². The van der Waals surface area contributed by atoms with E-state index in [0.717, 1.165) is 36.7 Å². The van der Waals surface area contributed by atoms with Crippen LogP contribution in [0.4, 0.5) is 0 Å². The molecule has 40 heavy (non-hydrogen) atoms. The first-order valence-electron chi connectivity index (χ1n) is 12.8. The molecule has 3 heterocycles. The largest absolute Gasteiger partial charge is 0.487 e. The molecule has 4 aromatic rings. The summed E-state index contributed by atoms with van der Waals surface area (Å²) in [6.07, 6.45) is 5.36. The predicted octanol–water partition coefficient (Wildman–Crippen LogP) is 9.45. The van der Waals surface area contributed by atoms with Gasteiger partial charge in [0.05, 0.1) is 51.4 Å². The van der Waals surface area contributed by atoms with E-state index >= 15 is 0 Å². The third-order valence-corrected chi connectivity index (χ3v) is 7.34. The average Bonchev–Trinajstić information content (AvgIpc) is 3.03. The maximum atomic E-state index is 5.78. The number of aromatic nitrogens is 4. The van der Waals surface area contributed by atoms with E-state index in [1.807, 2.05) is 76.1 Å². The topological polar surface area (TPSA) is 70.0 Å². The van der Waals surface area contributed by atoms with Gasteiger partial charge in [-0.3, -0.25) is 9.97 Å². The van der Waals surface area contributed by atoms with Gasteiger partial charge < -0.3 is 9.31 Å². The van der Waals surface area contributed by atoms with Gasteiger partial charge in [-0.15, -0.1) is 0 Å². The van der Waals surface area contributed by atoms with E-state index in [4.69, 9.17) is 20.9 Å². The lowest BCUT2D eigenvalue weighted by atomic mass is 9.88. The molecule has 0 bridgehead atoms. The summed E-state index contributed by atoms with van der Waals surface area (Å²) in [4.78, 5) is 17.1. The van der Waals surface area contributed by atoms with Crippen LogP contribution in [-0.2, 0) is 9.31 Å². The molecule has 2 aromatic carbocycles. The van der Waals surface area contributed by atoms with E-state index in [1.165, 1.54) is 17.3 Å². The van der Waals surface area contributed by atoms with Crippen molar-refractivity contribution in [3.63, 3.8) is 0 Å². The van der Waals surface area contributed by atoms with E-state index in [0.29, 0.717) is 5.15 Å². The Morgan fingerprint density at radius 1 is 0.750 bits per heavy atom. The highest BCUT2D eigenvalue weighted by Gasteiger charge is 2.50. The Hall–Kier alpha value is -2.17. The number of halogens is 3. The Balaban J connectivity index is 0.000000167. The normalized spacial score (nSPS) is 15.0. The Kier molecular flexibility index (Phi) is 11.1. The van der Waals surface area contributed by atoms with Crippen LogP contribution in [0.25, 0.3) is 28.1 Å². The van der Waals surface area contributed by atoms with Crippen LogP contribution in [0.15, 0.2) is 74.9 Å². The van der Waals surface area contributed by atoms with E-state index < -0.39 is 0 Å². The van der Waals surface area contributed by atoms with Crippen molar-refractivity contribution in [2.24, 2.45) is 0 Å². The van der Waals surface area contributed by atoms with Crippen LogP contribution < -0.4 is 0 Å². The van der Waals surface area contributed by atoms with Crippen LogP contribution in [0.5, 0.6) is 0 Å². The summed E-state index contributed by atoms with van der Waals surface area (Å²) in [5.41, 5.74) is 6.40. The molecule has 0 unspecified atom stereocenters. The van der Waals surface area contributed by atoms with E-state index in [1.54, 1.807) is 6.20 Å². The summed E-state index contributed by atoms with van der Waals surface area (Å²) in [6, 6.07) is 11.6. The highest BCUT2D eigenvalue weighted by atomic mass is 79.9. The maximum Gasteiger partial charge on any atom is 0.487 e. The SMILES string of the molecule is CC(C)=CB1OC(C)(C)C(C)(C)O1.CC(C)=Cc1cnc2ccc(Br)cc2n1.Clc1cnc2ccc(Br)cc2n1. The lowest BCUT2D eigenvalue weighted by Crippen LogP contribution is -2.41. The number of rotatable bonds is 2. The molecular formula is C30H34BBr2ClN4O2. The third kappa shape index (κ3) is 9.18. The van der Waals surface area contributed by atoms with Crippen LogP contribution in [0, 0.1) is 0 Å². The lowest BCUT2D eigenvalue weighted by molar-refractivity contribution is 0.00578. The first-order chi connectivity index (χ1) is 18.6. The molecule has 0 atom stereocenters. The van der Waals surface area contributed by atoms with Gasteiger partial charge in [-0.05, 0) is 97.9 Å². The van der Waals surface area contributed by atoms with Crippen LogP contribution in [-0.4, -0.2) is 38.3 Å². The van der Waals surface area contributed by atoms with Gasteiger partial charge >= 0.3 is 7.12 Å². The molecule has 0 radical (unpaired) electrons. The Bertz CT molecular complexity index is 1500. The molecular weight excluding hydrogens is 654 g/mol. The average molecular weight is 689 g/mol. The second kappa shape index (κ2) is 13.7. The van der Waals surface area contributed by atoms with Gasteiger partial charge in [-0.2, -0.15) is 0 Å². The van der Waals surface area contributed by atoms with Crippen LogP contribution in [0.2, 0.25) is 5.15 Å². The summed E-state index contributed by atoms with van der Waals surface area (Å²) in [6.45, 7) is 16.4. The minimum absolute atomic E-state index is 0.185. The molecule has 0 aliphatic carbocycles. The number of hydrogen-bond acceptors (Lipinski definition) is 6. The number of nitrogens with zero attached hydrogens (tertiary/aromatic N) is 4. The van der Waals surface area contributed by atoms with Gasteiger partial charge in [0.25, 0.3) is 0 Å². The first kappa shape index (κ1) is 32.4. The van der Waals surface area contributed by atoms with E-state index in [2.05, 4.69) is 79.5 Å². The lowest BCUT2D eigenvalue weighted by Gasteiger charge is -2.32. The second-order valence-corrected chi connectivity index (χ2v) is 13.1. The van der Waals surface area contributed by atoms with Crippen molar-refractivity contribution in [2.75, 3.05) is 0 Å². The van der Waals surface area contributed by atoms with Gasteiger partial charge in [0.15, 0.2) is 0 Å². The predicted molar refractivity (Wildman–Crippen MR) is 174 cm³/mol. The zero-order valence-electron chi connectivity index (χ0n) is 24.1. The second-order valence-electron chi connectivity index (χ2n) is 10.8. The molecule has 5 rings (SSSR count). The van der Waals surface area contributed by atoms with Crippen LogP contribution in [0.3, 0.4) is 0 Å². The molecule has 1 saturated heterocycles. The molecule has 0 saturated carbocycles. The van der Waals surface area contributed by atoms with Crippen molar-refractivity contribution in [1.82, 2.24) is 19.9 Å². The summed E-state index contributed by atoms with van der Waals surface area (Å²) in [7, 11) is -0.185. The summed E-state index contributed by atoms with van der Waals surface area (Å²) < 4.78 is 13.6. The standard InChI is InChI=1S/C12H11BrN2.C10H19BO2.C8H4BrClN2/c1-8(2)5-10-7-14-11-4-3-9(13)6-12(11)15-10;1-8(2)7-11-12-9(3,4)10(5,6)13-11;9-5-1-2-6-7(3-5)12-8(10)4-11-6/h3-7H,1-2H3;7H,1-6H3;1-4H. The molecule has 1 aliphatic heterocycles. The van der Waals surface area contributed by atoms with Crippen molar-refractivity contribution in [3.8, 4) is 0 Å². The summed E-state index contributed by atoms with van der Waals surface area (Å²) >= 11 is 12.5. The number of allylic oxidation sites excluding steroid dienone is 2. The third-order valence-electron chi connectivity index (χ3n) is 6.18. The fourth-order valence-electron chi connectivity index (χ4n) is 3.56. The number of hydrogen-bond donors (Lipinski definition) is 0. The van der Waals surface area contributed by atoms with Gasteiger partial charge in [0, 0.05) is 8.95 Å². The van der Waals surface area contributed by atoms with Crippen molar-refractivity contribution in [2.45, 2.75) is 66.6 Å². The molecule has 1 fully saturated rings. The highest BCUT2D eigenvalue weighted by Crippen LogP contribution is 2.37. The van der Waals surface area contributed by atoms with Crippen LogP contribution in [0.1, 0.15) is 61.1 Å². The minimum Gasteiger partial charge on any atom is -0.400 e. The Morgan fingerprint density at radius 2 is 1.25 bits per heavy atom. The van der Waals surface area contributed by atoms with E-state index in [9.17, 15) is 0 Å². The van der Waals surface area contributed by atoms with Crippen molar-refractivity contribution in [3.05, 3.63) is 85.7 Å². The molecule has 0 spiro atoms. The van der Waals surface area contributed by atoms with Gasteiger partial charge in [-0.25, -0.2) is 9.97 Å². The minimum atomic E-state index is -0.219. The zero-order chi connectivity index (χ0) is 29.7. The highest BCUT2D eigenvalue weighted by molar-refractivity contribution is 9.10. The molecule has 0 N–H and O–H groups in total. The Morgan fingerprint density at radius 3 is 1.75 bits per heavy atom. The molecule has 2 aromatic heterocycles. The monoisotopic (exact) mass is 686 g/mol. The quantitative estimate of drug-likeness (QED) is 0.196. The number of fused-ring (bicyclic) bond motifs is 2. The van der Waals surface area contributed by atoms with Crippen LogP contribution >= 0.6 is 43.5 Å². The smallest absolute Gasteiger partial charge is 0.400 e. The van der Waals surface area contributed by atoms with Gasteiger partial charge in [0.1, 0.15) is 5.15 Å². The molecule has 0 amide bonds. The maximum absolute atomic E-state index is 5.78. The Labute approximate surface area is 259 Å².